The Labute approximate surface area is 171 Å². The van der Waals surface area contributed by atoms with Gasteiger partial charge >= 0.3 is 5.97 Å². The number of amides is 2. The monoisotopic (exact) mass is 409 g/mol. The van der Waals surface area contributed by atoms with Crippen LogP contribution in [-0.4, -0.2) is 28.7 Å². The number of ketones is 1. The van der Waals surface area contributed by atoms with E-state index < -0.39 is 23.6 Å². The Morgan fingerprint density at radius 2 is 1.52 bits per heavy atom. The van der Waals surface area contributed by atoms with E-state index in [0.29, 0.717) is 12.8 Å². The lowest BCUT2D eigenvalue weighted by Crippen LogP contribution is -2.31. The quantitative estimate of drug-likeness (QED) is 0.472. The smallest absolute Gasteiger partial charge is 0.336 e. The molecule has 2 aliphatic rings. The lowest BCUT2D eigenvalue weighted by atomic mass is 9.85. The van der Waals surface area contributed by atoms with Gasteiger partial charge in [0.25, 0.3) is 0 Å². The van der Waals surface area contributed by atoms with Gasteiger partial charge in [0.2, 0.25) is 11.8 Å². The third-order valence-corrected chi connectivity index (χ3v) is 5.68. The minimum atomic E-state index is -1.22. The van der Waals surface area contributed by atoms with Crippen LogP contribution in [0.3, 0.4) is 0 Å². The molecule has 2 amide bonds. The second-order valence-electron chi connectivity index (χ2n) is 7.01. The molecule has 1 aliphatic heterocycles. The van der Waals surface area contributed by atoms with Gasteiger partial charge < -0.3 is 5.11 Å². The van der Waals surface area contributed by atoms with E-state index in [2.05, 4.69) is 0 Å². The summed E-state index contributed by atoms with van der Waals surface area (Å²) in [5.41, 5.74) is 0.186. The summed E-state index contributed by atoms with van der Waals surface area (Å²) < 4.78 is 0. The zero-order valence-corrected chi connectivity index (χ0v) is 15.9. The van der Waals surface area contributed by atoms with Gasteiger partial charge in [0.05, 0.1) is 28.1 Å². The molecule has 2 aromatic rings. The number of nitrogens with zero attached hydrogens (tertiary/aromatic N) is 1. The average molecular weight is 410 g/mol. The van der Waals surface area contributed by atoms with E-state index in [9.17, 15) is 24.3 Å². The number of hydrogen-bond acceptors (Lipinski definition) is 4. The minimum Gasteiger partial charge on any atom is -0.478 e. The number of imide groups is 1. The fourth-order valence-electron chi connectivity index (χ4n) is 3.89. The highest BCUT2D eigenvalue weighted by atomic mass is 35.5. The molecule has 1 saturated heterocycles. The second kappa shape index (κ2) is 7.29. The largest absolute Gasteiger partial charge is 0.478 e. The van der Waals surface area contributed by atoms with Crippen molar-refractivity contribution < 1.29 is 24.3 Å². The summed E-state index contributed by atoms with van der Waals surface area (Å²) in [7, 11) is 0. The maximum atomic E-state index is 13.0. The predicted octanol–water partition coefficient (Wildman–Crippen LogP) is 3.72. The van der Waals surface area contributed by atoms with Gasteiger partial charge in [0, 0.05) is 11.1 Å². The second-order valence-corrected chi connectivity index (χ2v) is 7.42. The highest BCUT2D eigenvalue weighted by Gasteiger charge is 2.48. The van der Waals surface area contributed by atoms with Gasteiger partial charge in [-0.2, -0.15) is 0 Å². The van der Waals surface area contributed by atoms with Gasteiger partial charge in [0.15, 0.2) is 5.78 Å². The Morgan fingerprint density at radius 3 is 2.10 bits per heavy atom. The summed E-state index contributed by atoms with van der Waals surface area (Å²) in [6.45, 7) is 0. The first-order valence-electron chi connectivity index (χ1n) is 9.09. The lowest BCUT2D eigenvalue weighted by molar-refractivity contribution is -0.122. The summed E-state index contributed by atoms with van der Waals surface area (Å²) in [5.74, 6) is -3.25. The molecular weight excluding hydrogens is 394 g/mol. The van der Waals surface area contributed by atoms with Crippen molar-refractivity contribution in [1.29, 1.82) is 0 Å². The number of carboxylic acids is 1. The number of fused-ring (bicyclic) bond motifs is 1. The Bertz CT molecular complexity index is 1060. The van der Waals surface area contributed by atoms with E-state index >= 15 is 0 Å². The molecule has 0 saturated carbocycles. The van der Waals surface area contributed by atoms with Gasteiger partial charge in [-0.15, -0.1) is 0 Å². The number of carbonyl (C=O) groups excluding carboxylic acids is 3. The number of allylic oxidation sites excluding steroid dienone is 2. The summed E-state index contributed by atoms with van der Waals surface area (Å²) in [6.07, 6.45) is 4.77. The zero-order valence-electron chi connectivity index (χ0n) is 15.2. The number of hydrogen-bond donors (Lipinski definition) is 1. The van der Waals surface area contributed by atoms with Crippen molar-refractivity contribution in [3.05, 3.63) is 76.3 Å². The van der Waals surface area contributed by atoms with Crippen LogP contribution in [0.15, 0.2) is 54.6 Å². The van der Waals surface area contributed by atoms with Crippen LogP contribution < -0.4 is 4.90 Å². The molecule has 0 spiro atoms. The fourth-order valence-corrected chi connectivity index (χ4v) is 4.09. The molecule has 1 heterocycles. The Hall–Kier alpha value is -3.25. The lowest BCUT2D eigenvalue weighted by Gasteiger charge is -2.17. The molecule has 6 nitrogen and oxygen atoms in total. The van der Waals surface area contributed by atoms with E-state index in [1.165, 1.54) is 36.4 Å². The number of benzene rings is 2. The van der Waals surface area contributed by atoms with Crippen molar-refractivity contribution in [3.8, 4) is 0 Å². The van der Waals surface area contributed by atoms with Gasteiger partial charge in [-0.3, -0.25) is 14.4 Å². The van der Waals surface area contributed by atoms with E-state index in [1.54, 1.807) is 6.07 Å². The third kappa shape index (κ3) is 3.15. The normalized spacial score (nSPS) is 20.7. The Kier molecular flexibility index (Phi) is 4.80. The molecule has 4 rings (SSSR count). The highest BCUT2D eigenvalue weighted by Crippen LogP contribution is 2.40. The molecule has 7 heteroatoms. The first-order chi connectivity index (χ1) is 13.9. The number of rotatable bonds is 4. The first-order valence-corrected chi connectivity index (χ1v) is 9.47. The third-order valence-electron chi connectivity index (χ3n) is 5.36. The zero-order chi connectivity index (χ0) is 20.7. The maximum Gasteiger partial charge on any atom is 0.336 e. The molecule has 2 unspecified atom stereocenters. The van der Waals surface area contributed by atoms with Crippen LogP contribution >= 0.6 is 11.6 Å². The van der Waals surface area contributed by atoms with Crippen molar-refractivity contribution in [3.63, 3.8) is 0 Å². The SMILES string of the molecule is O=C(O)c1ccccc1C(=O)c1ccc(Cl)c(N2C(=O)C3CC=CCC3C2=O)c1. The van der Waals surface area contributed by atoms with E-state index in [0.717, 1.165) is 4.90 Å². The molecule has 29 heavy (non-hydrogen) atoms. The molecule has 1 aliphatic carbocycles. The molecule has 146 valence electrons. The molecule has 0 aromatic heterocycles. The average Bonchev–Trinajstić information content (AvgIpc) is 2.98. The highest BCUT2D eigenvalue weighted by molar-refractivity contribution is 6.36. The fraction of sp³-hybridized carbons (Fsp3) is 0.182. The summed E-state index contributed by atoms with van der Waals surface area (Å²) in [4.78, 5) is 51.2. The van der Waals surface area contributed by atoms with E-state index in [-0.39, 0.29) is 39.2 Å². The van der Waals surface area contributed by atoms with Crippen molar-refractivity contribution >= 4 is 40.9 Å². The summed E-state index contributed by atoms with van der Waals surface area (Å²) >= 11 is 6.27. The Balaban J connectivity index is 1.75. The van der Waals surface area contributed by atoms with Crippen molar-refractivity contribution in [2.75, 3.05) is 4.90 Å². The number of anilines is 1. The first kappa shape index (κ1) is 19.1. The van der Waals surface area contributed by atoms with Gasteiger partial charge in [-0.05, 0) is 37.1 Å². The van der Waals surface area contributed by atoms with Crippen LogP contribution in [0.4, 0.5) is 5.69 Å². The maximum absolute atomic E-state index is 13.0. The standard InChI is InChI=1S/C22H16ClNO5/c23-17-10-9-12(19(25)13-5-1-4-8-16(13)22(28)29)11-18(17)24-20(26)14-6-2-3-7-15(14)21(24)27/h1-5,8-11,14-15H,6-7H2,(H,28,29). The van der Waals surface area contributed by atoms with Gasteiger partial charge in [0.1, 0.15) is 0 Å². The molecular formula is C22H16ClNO5. The van der Waals surface area contributed by atoms with Gasteiger partial charge in [-0.25, -0.2) is 9.69 Å². The van der Waals surface area contributed by atoms with Crippen molar-refractivity contribution in [2.45, 2.75) is 12.8 Å². The summed E-state index contributed by atoms with van der Waals surface area (Å²) in [5, 5.41) is 9.51. The van der Waals surface area contributed by atoms with Crippen LogP contribution in [0, 0.1) is 11.8 Å². The van der Waals surface area contributed by atoms with Crippen LogP contribution in [0.5, 0.6) is 0 Å². The number of aromatic carboxylic acids is 1. The Morgan fingerprint density at radius 1 is 0.931 bits per heavy atom. The summed E-state index contributed by atoms with van der Waals surface area (Å²) in [6, 6.07) is 10.1. The van der Waals surface area contributed by atoms with Crippen molar-refractivity contribution in [1.82, 2.24) is 0 Å². The number of carboxylic acid groups (broad SMARTS) is 1. The molecule has 2 atom stereocenters. The predicted molar refractivity (Wildman–Crippen MR) is 106 cm³/mol. The van der Waals surface area contributed by atoms with E-state index in [4.69, 9.17) is 11.6 Å². The van der Waals surface area contributed by atoms with Crippen LogP contribution in [0.2, 0.25) is 5.02 Å². The minimum absolute atomic E-state index is 0.0187. The molecule has 1 fully saturated rings. The molecule has 0 bridgehead atoms. The topological polar surface area (TPSA) is 91.8 Å². The van der Waals surface area contributed by atoms with Crippen LogP contribution in [-0.2, 0) is 9.59 Å². The number of carbonyl (C=O) groups is 4. The molecule has 2 aromatic carbocycles. The molecule has 1 N–H and O–H groups in total. The van der Waals surface area contributed by atoms with Crippen LogP contribution in [0.1, 0.15) is 39.1 Å². The molecule has 0 radical (unpaired) electrons. The van der Waals surface area contributed by atoms with Gasteiger partial charge in [-0.1, -0.05) is 42.0 Å². The number of halogens is 1. The van der Waals surface area contributed by atoms with E-state index in [1.807, 2.05) is 12.2 Å². The van der Waals surface area contributed by atoms with Crippen molar-refractivity contribution in [2.24, 2.45) is 11.8 Å². The van der Waals surface area contributed by atoms with Crippen LogP contribution in [0.25, 0.3) is 0 Å².